The first-order chi connectivity index (χ1) is 11.9. The monoisotopic (exact) mass is 415 g/mol. The van der Waals surface area contributed by atoms with Crippen molar-refractivity contribution in [1.29, 1.82) is 0 Å². The van der Waals surface area contributed by atoms with Crippen molar-refractivity contribution >= 4 is 38.7 Å². The minimum Gasteiger partial charge on any atom is -0.714 e. The molecule has 2 aromatic carbocycles. The van der Waals surface area contributed by atoms with Crippen LogP contribution in [0.4, 0.5) is 0 Å². The van der Waals surface area contributed by atoms with Gasteiger partial charge in [-0.05, 0) is 12.1 Å². The molecule has 0 saturated heterocycles. The first-order valence-electron chi connectivity index (χ1n) is 7.40. The number of oxime groups is 1. The Morgan fingerprint density at radius 1 is 1.19 bits per heavy atom. The van der Waals surface area contributed by atoms with Crippen molar-refractivity contribution in [3.63, 3.8) is 0 Å². The average Bonchev–Trinajstić information content (AvgIpc) is 2.98. The van der Waals surface area contributed by atoms with Crippen molar-refractivity contribution in [3.05, 3.63) is 53.1 Å². The molecule has 0 atom stereocenters. The van der Waals surface area contributed by atoms with E-state index < -0.39 is 10.4 Å². The summed E-state index contributed by atoms with van der Waals surface area (Å²) in [4.78, 5) is 4.65. The van der Waals surface area contributed by atoms with Crippen LogP contribution in [-0.2, 0) is 21.2 Å². The van der Waals surface area contributed by atoms with Gasteiger partial charge >= 0.3 is 51.4 Å². The quantitative estimate of drug-likeness (QED) is 0.258. The Morgan fingerprint density at radius 3 is 2.62 bits per heavy atom. The van der Waals surface area contributed by atoms with Crippen molar-refractivity contribution < 1.29 is 68.6 Å². The standard InChI is InChI=1S/C16H12ClN3O4S.K/c17-12-7-6-11-13(19-24-25(21,22)23)8-9-20-15(11)14(12)18-16(20)10-4-2-1-3-5-10;/h1-7H,8-9H2,(H,21,22,23);/q;+1/p-1/b19-13-;. The number of rotatable bonds is 3. The Morgan fingerprint density at radius 2 is 1.92 bits per heavy atom. The first-order valence-corrected chi connectivity index (χ1v) is 9.11. The number of aromatic nitrogens is 2. The fourth-order valence-corrected chi connectivity index (χ4v) is 3.38. The fraction of sp³-hybridized carbons (Fsp3) is 0.125. The Kier molecular flexibility index (Phi) is 5.90. The molecule has 26 heavy (non-hydrogen) atoms. The van der Waals surface area contributed by atoms with E-state index in [2.05, 4.69) is 14.4 Å². The maximum absolute atomic E-state index is 10.7. The van der Waals surface area contributed by atoms with Crippen LogP contribution in [0.25, 0.3) is 22.4 Å². The van der Waals surface area contributed by atoms with Crippen LogP contribution in [0.3, 0.4) is 0 Å². The van der Waals surface area contributed by atoms with E-state index in [0.29, 0.717) is 34.8 Å². The number of imidazole rings is 1. The molecule has 1 aliphatic heterocycles. The van der Waals surface area contributed by atoms with Gasteiger partial charge in [-0.1, -0.05) is 47.1 Å². The molecule has 10 heteroatoms. The Balaban J connectivity index is 0.00000196. The first kappa shape index (κ1) is 20.0. The summed E-state index contributed by atoms with van der Waals surface area (Å²) in [5.74, 6) is 0.765. The van der Waals surface area contributed by atoms with Gasteiger partial charge in [0.25, 0.3) is 10.4 Å². The van der Waals surface area contributed by atoms with E-state index in [-0.39, 0.29) is 51.4 Å². The normalized spacial score (nSPS) is 15.1. The van der Waals surface area contributed by atoms with E-state index in [0.717, 1.165) is 16.9 Å². The summed E-state index contributed by atoms with van der Waals surface area (Å²) in [7, 11) is -4.90. The topological polar surface area (TPSA) is 96.6 Å². The summed E-state index contributed by atoms with van der Waals surface area (Å²) in [5.41, 5.74) is 3.29. The molecule has 0 amide bonds. The molecule has 1 aromatic heterocycles. The van der Waals surface area contributed by atoms with E-state index in [4.69, 9.17) is 11.6 Å². The zero-order chi connectivity index (χ0) is 17.6. The third-order valence-electron chi connectivity index (χ3n) is 4.00. The van der Waals surface area contributed by atoms with Crippen LogP contribution < -0.4 is 51.4 Å². The van der Waals surface area contributed by atoms with Crippen LogP contribution in [0.5, 0.6) is 0 Å². The molecule has 0 spiro atoms. The summed E-state index contributed by atoms with van der Waals surface area (Å²) < 4.78 is 38.1. The maximum Gasteiger partial charge on any atom is 1.00 e. The van der Waals surface area contributed by atoms with Gasteiger partial charge in [0.2, 0.25) is 0 Å². The predicted molar refractivity (Wildman–Crippen MR) is 92.1 cm³/mol. The molecule has 128 valence electrons. The summed E-state index contributed by atoms with van der Waals surface area (Å²) in [6.45, 7) is 0.509. The third kappa shape index (κ3) is 3.76. The molecule has 0 aliphatic carbocycles. The Bertz CT molecular complexity index is 1110. The zero-order valence-corrected chi connectivity index (χ0v) is 18.4. The molecular weight excluding hydrogens is 405 g/mol. The summed E-state index contributed by atoms with van der Waals surface area (Å²) in [6, 6.07) is 13.1. The molecule has 4 rings (SSSR count). The molecule has 0 N–H and O–H groups in total. The minimum atomic E-state index is -4.90. The van der Waals surface area contributed by atoms with Crippen molar-refractivity contribution in [2.45, 2.75) is 13.0 Å². The molecule has 0 radical (unpaired) electrons. The molecule has 7 nitrogen and oxygen atoms in total. The fourth-order valence-electron chi connectivity index (χ4n) is 3.00. The van der Waals surface area contributed by atoms with Crippen LogP contribution in [0.2, 0.25) is 5.02 Å². The van der Waals surface area contributed by atoms with Gasteiger partial charge in [0, 0.05) is 24.1 Å². The van der Waals surface area contributed by atoms with Crippen molar-refractivity contribution in [3.8, 4) is 11.4 Å². The molecule has 0 saturated carbocycles. The van der Waals surface area contributed by atoms with E-state index in [1.165, 1.54) is 0 Å². The van der Waals surface area contributed by atoms with Gasteiger partial charge in [0.05, 0.1) is 16.3 Å². The molecule has 0 unspecified atom stereocenters. The largest absolute Gasteiger partial charge is 1.00 e. The van der Waals surface area contributed by atoms with Crippen LogP contribution >= 0.6 is 11.6 Å². The molecule has 2 heterocycles. The maximum atomic E-state index is 10.7. The van der Waals surface area contributed by atoms with Crippen molar-refractivity contribution in [2.24, 2.45) is 5.16 Å². The van der Waals surface area contributed by atoms with Gasteiger partial charge < -0.3 is 9.12 Å². The smallest absolute Gasteiger partial charge is 0.714 e. The van der Waals surface area contributed by atoms with Crippen LogP contribution in [-0.4, -0.2) is 28.2 Å². The van der Waals surface area contributed by atoms with Crippen molar-refractivity contribution in [1.82, 2.24) is 9.55 Å². The number of benzene rings is 2. The second-order valence-corrected chi connectivity index (χ2v) is 6.89. The molecule has 1 aliphatic rings. The second-order valence-electron chi connectivity index (χ2n) is 5.52. The van der Waals surface area contributed by atoms with Crippen LogP contribution in [0.15, 0.2) is 47.6 Å². The zero-order valence-electron chi connectivity index (χ0n) is 13.7. The van der Waals surface area contributed by atoms with Gasteiger partial charge in [-0.2, -0.15) is 8.42 Å². The Hall–Kier alpha value is -0.784. The van der Waals surface area contributed by atoms with E-state index in [1.807, 2.05) is 34.9 Å². The van der Waals surface area contributed by atoms with E-state index in [1.54, 1.807) is 12.1 Å². The van der Waals surface area contributed by atoms with Gasteiger partial charge in [0.1, 0.15) is 11.3 Å². The number of nitrogens with zero attached hydrogens (tertiary/aromatic N) is 3. The Labute approximate surface area is 197 Å². The number of halogens is 1. The average molecular weight is 416 g/mol. The summed E-state index contributed by atoms with van der Waals surface area (Å²) in [5, 5.41) is 4.00. The van der Waals surface area contributed by atoms with Crippen molar-refractivity contribution in [2.75, 3.05) is 0 Å². The van der Waals surface area contributed by atoms with E-state index >= 15 is 0 Å². The molecular formula is C16H11ClKN3O4S. The molecule has 0 fully saturated rings. The molecule has 0 bridgehead atoms. The second kappa shape index (κ2) is 7.68. The third-order valence-corrected chi connectivity index (χ3v) is 4.56. The number of hydrogen-bond donors (Lipinski definition) is 0. The van der Waals surface area contributed by atoms with Crippen LogP contribution in [0, 0.1) is 0 Å². The SMILES string of the molecule is O=S(=O)([O-])O/N=C1/CCn2c(-c3ccccc3)nc3c(Cl)ccc1c32.[K+]. The predicted octanol–water partition coefficient (Wildman–Crippen LogP) is -0.0547. The van der Waals surface area contributed by atoms with Gasteiger partial charge in [-0.15, -0.1) is 0 Å². The summed E-state index contributed by atoms with van der Waals surface area (Å²) in [6.07, 6.45) is 0.398. The van der Waals surface area contributed by atoms with Gasteiger partial charge in [-0.3, -0.25) is 4.28 Å². The van der Waals surface area contributed by atoms with Gasteiger partial charge in [0.15, 0.2) is 0 Å². The summed E-state index contributed by atoms with van der Waals surface area (Å²) >= 11 is 6.29. The van der Waals surface area contributed by atoms with Crippen LogP contribution in [0.1, 0.15) is 12.0 Å². The van der Waals surface area contributed by atoms with E-state index in [9.17, 15) is 13.0 Å². The van der Waals surface area contributed by atoms with Gasteiger partial charge in [-0.25, -0.2) is 4.98 Å². The number of aryl methyl sites for hydroxylation is 1. The molecule has 3 aromatic rings. The number of hydrogen-bond acceptors (Lipinski definition) is 6. The minimum absolute atomic E-state index is 0.